The van der Waals surface area contributed by atoms with Gasteiger partial charge in [0.15, 0.2) is 11.2 Å². The van der Waals surface area contributed by atoms with Gasteiger partial charge in [-0.15, -0.1) is 5.06 Å². The maximum absolute atomic E-state index is 12.3. The molecular weight excluding hydrogens is 218 g/mol. The van der Waals surface area contributed by atoms with Gasteiger partial charge in [-0.1, -0.05) is 6.07 Å². The third-order valence-electron chi connectivity index (χ3n) is 3.82. The topological polar surface area (TPSA) is 62.4 Å². The minimum atomic E-state index is -0.728. The quantitative estimate of drug-likeness (QED) is 0.593. The zero-order valence-corrected chi connectivity index (χ0v) is 10.5. The van der Waals surface area contributed by atoms with E-state index >= 15 is 0 Å². The van der Waals surface area contributed by atoms with E-state index in [-0.39, 0.29) is 5.84 Å². The number of hydrogen-bond donors (Lipinski definition) is 1. The van der Waals surface area contributed by atoms with Crippen molar-refractivity contribution in [2.45, 2.75) is 38.8 Å². The average Bonchev–Trinajstić information content (AvgIpc) is 2.40. The second kappa shape index (κ2) is 3.43. The number of amidine groups is 1. The van der Waals surface area contributed by atoms with Gasteiger partial charge in [0, 0.05) is 6.20 Å². The molecule has 1 aromatic heterocycles. The third kappa shape index (κ3) is 1.42. The van der Waals surface area contributed by atoms with Crippen molar-refractivity contribution in [1.29, 1.82) is 0 Å². The molecule has 0 spiro atoms. The first-order chi connectivity index (χ1) is 7.80. The molecule has 0 fully saturated rings. The highest BCUT2D eigenvalue weighted by molar-refractivity contribution is 5.94. The number of pyridine rings is 1. The third-order valence-corrected chi connectivity index (χ3v) is 3.82. The maximum atomic E-state index is 12.3. The molecule has 2 heterocycles. The Hall–Kier alpha value is -1.62. The predicted molar refractivity (Wildman–Crippen MR) is 63.8 cm³/mol. The molecule has 2 rings (SSSR count). The Labute approximate surface area is 101 Å². The maximum Gasteiger partial charge on any atom is 0.332 e. The van der Waals surface area contributed by atoms with Gasteiger partial charge in [0.1, 0.15) is 5.54 Å². The van der Waals surface area contributed by atoms with Gasteiger partial charge < -0.3 is 5.21 Å². The molecule has 92 valence electrons. The highest BCUT2D eigenvalue weighted by Crippen LogP contribution is 2.36. The number of hydroxylamine groups is 3. The fraction of sp³-hybridized carbons (Fsp3) is 0.500. The summed E-state index contributed by atoms with van der Waals surface area (Å²) in [5.41, 5.74) is -0.931. The summed E-state index contributed by atoms with van der Waals surface area (Å²) in [6, 6.07) is 5.27. The van der Waals surface area contributed by atoms with Gasteiger partial charge in [-0.3, -0.25) is 4.74 Å². The Kier molecular flexibility index (Phi) is 2.39. The highest BCUT2D eigenvalue weighted by Gasteiger charge is 2.59. The van der Waals surface area contributed by atoms with Crippen LogP contribution in [0.5, 0.6) is 0 Å². The lowest BCUT2D eigenvalue weighted by molar-refractivity contribution is -0.539. The van der Waals surface area contributed by atoms with Crippen molar-refractivity contribution in [2.24, 2.45) is 0 Å². The molecule has 0 amide bonds. The van der Waals surface area contributed by atoms with Crippen molar-refractivity contribution in [3.63, 3.8) is 0 Å². The molecule has 0 unspecified atom stereocenters. The first-order valence-corrected chi connectivity index (χ1v) is 5.55. The number of hydrogen-bond acceptors (Lipinski definition) is 4. The normalized spacial score (nSPS) is 22.1. The summed E-state index contributed by atoms with van der Waals surface area (Å²) in [5.74, 6) is 0.195. The standard InChI is InChI=1S/C12H17N3O2/c1-11(2)12(3,4)15(17)10(14(11)16)9-7-5-6-8-13-9/h5-8,16H,1-4H3. The summed E-state index contributed by atoms with van der Waals surface area (Å²) in [5, 5.41) is 23.5. The second-order valence-electron chi connectivity index (χ2n) is 5.26. The summed E-state index contributed by atoms with van der Waals surface area (Å²) in [7, 11) is 0. The van der Waals surface area contributed by atoms with Crippen LogP contribution in [0.25, 0.3) is 0 Å². The number of nitrogens with zero attached hydrogens (tertiary/aromatic N) is 3. The molecular formula is C12H17N3O2. The average molecular weight is 235 g/mol. The first kappa shape index (κ1) is 11.9. The van der Waals surface area contributed by atoms with Crippen molar-refractivity contribution in [3.8, 4) is 0 Å². The molecule has 0 saturated heterocycles. The van der Waals surface area contributed by atoms with Gasteiger partial charge in [-0.25, -0.2) is 10.2 Å². The van der Waals surface area contributed by atoms with E-state index < -0.39 is 11.1 Å². The minimum Gasteiger partial charge on any atom is -0.714 e. The van der Waals surface area contributed by atoms with Crippen molar-refractivity contribution in [2.75, 3.05) is 0 Å². The van der Waals surface area contributed by atoms with Crippen LogP contribution >= 0.6 is 0 Å². The van der Waals surface area contributed by atoms with Gasteiger partial charge in [0.05, 0.1) is 0 Å². The Balaban J connectivity index is 2.59. The van der Waals surface area contributed by atoms with E-state index in [0.29, 0.717) is 5.69 Å². The van der Waals surface area contributed by atoms with E-state index in [1.54, 1.807) is 38.2 Å². The molecule has 5 nitrogen and oxygen atoms in total. The summed E-state index contributed by atoms with van der Waals surface area (Å²) in [6.07, 6.45) is 1.60. The fourth-order valence-electron chi connectivity index (χ4n) is 1.83. The van der Waals surface area contributed by atoms with E-state index in [0.717, 1.165) is 9.80 Å². The molecule has 0 radical (unpaired) electrons. The second-order valence-corrected chi connectivity index (χ2v) is 5.26. The first-order valence-electron chi connectivity index (χ1n) is 5.55. The molecule has 1 N–H and O–H groups in total. The molecule has 0 bridgehead atoms. The zero-order chi connectivity index (χ0) is 12.8. The van der Waals surface area contributed by atoms with Gasteiger partial charge in [0.25, 0.3) is 0 Å². The van der Waals surface area contributed by atoms with Crippen LogP contribution in [-0.2, 0) is 0 Å². The van der Waals surface area contributed by atoms with Crippen LogP contribution in [0.15, 0.2) is 24.4 Å². The smallest absolute Gasteiger partial charge is 0.332 e. The number of aromatic nitrogens is 1. The van der Waals surface area contributed by atoms with Crippen molar-refractivity contribution in [1.82, 2.24) is 10.0 Å². The molecule has 0 saturated carbocycles. The molecule has 5 heteroatoms. The van der Waals surface area contributed by atoms with Crippen LogP contribution in [0.1, 0.15) is 33.4 Å². The summed E-state index contributed by atoms with van der Waals surface area (Å²) in [6.45, 7) is 7.26. The Morgan fingerprint density at radius 1 is 1.29 bits per heavy atom. The SMILES string of the molecule is CC1(C)N(O)C(c2ccccn2)=[N+]([O-])C1(C)C. The Bertz CT molecular complexity index is 466. The van der Waals surface area contributed by atoms with Crippen LogP contribution in [0, 0.1) is 5.21 Å². The lowest BCUT2D eigenvalue weighted by Gasteiger charge is -2.33. The Morgan fingerprint density at radius 2 is 1.94 bits per heavy atom. The summed E-state index contributed by atoms with van der Waals surface area (Å²) < 4.78 is 0.829. The summed E-state index contributed by atoms with van der Waals surface area (Å²) >= 11 is 0. The highest BCUT2D eigenvalue weighted by atomic mass is 16.5. The van der Waals surface area contributed by atoms with Gasteiger partial charge >= 0.3 is 5.84 Å². The van der Waals surface area contributed by atoms with Crippen molar-refractivity contribution < 1.29 is 9.95 Å². The van der Waals surface area contributed by atoms with E-state index in [2.05, 4.69) is 4.98 Å². The minimum absolute atomic E-state index is 0.195. The molecule has 1 aliphatic heterocycles. The van der Waals surface area contributed by atoms with Crippen molar-refractivity contribution >= 4 is 5.84 Å². The van der Waals surface area contributed by atoms with Gasteiger partial charge in [-0.2, -0.15) is 0 Å². The summed E-state index contributed by atoms with van der Waals surface area (Å²) in [4.78, 5) is 4.11. The monoisotopic (exact) mass is 235 g/mol. The predicted octanol–water partition coefficient (Wildman–Crippen LogP) is 1.60. The van der Waals surface area contributed by atoms with Crippen LogP contribution in [0.3, 0.4) is 0 Å². The molecule has 1 aromatic rings. The lowest BCUT2D eigenvalue weighted by Crippen LogP contribution is -2.53. The molecule has 0 aromatic carbocycles. The molecule has 0 atom stereocenters. The van der Waals surface area contributed by atoms with Crippen LogP contribution in [0.2, 0.25) is 0 Å². The molecule has 0 aliphatic carbocycles. The Morgan fingerprint density at radius 3 is 2.35 bits per heavy atom. The molecule has 17 heavy (non-hydrogen) atoms. The zero-order valence-electron chi connectivity index (χ0n) is 10.5. The molecule has 1 aliphatic rings. The van der Waals surface area contributed by atoms with E-state index in [1.165, 1.54) is 0 Å². The van der Waals surface area contributed by atoms with Gasteiger partial charge in [-0.05, 0) is 39.8 Å². The fourth-order valence-corrected chi connectivity index (χ4v) is 1.83. The number of rotatable bonds is 1. The largest absolute Gasteiger partial charge is 0.714 e. The van der Waals surface area contributed by atoms with Crippen LogP contribution in [-0.4, -0.2) is 36.9 Å². The van der Waals surface area contributed by atoms with Crippen LogP contribution < -0.4 is 0 Å². The van der Waals surface area contributed by atoms with Crippen LogP contribution in [0.4, 0.5) is 0 Å². The lowest BCUT2D eigenvalue weighted by atomic mass is 9.84. The van der Waals surface area contributed by atoms with Crippen molar-refractivity contribution in [3.05, 3.63) is 35.3 Å². The van der Waals surface area contributed by atoms with E-state index in [1.807, 2.05) is 13.8 Å². The van der Waals surface area contributed by atoms with E-state index in [9.17, 15) is 10.4 Å². The van der Waals surface area contributed by atoms with E-state index in [4.69, 9.17) is 0 Å². The van der Waals surface area contributed by atoms with Gasteiger partial charge in [0.2, 0.25) is 0 Å².